The number of nitrogens with zero attached hydrogens (tertiary/aromatic N) is 4. The van der Waals surface area contributed by atoms with E-state index in [0.717, 1.165) is 45.3 Å². The van der Waals surface area contributed by atoms with Gasteiger partial charge in [0, 0.05) is 49.7 Å². The van der Waals surface area contributed by atoms with Crippen molar-refractivity contribution in [3.05, 3.63) is 34.5 Å². The molecule has 1 aliphatic rings. The van der Waals surface area contributed by atoms with Crippen LogP contribution in [0.5, 0.6) is 0 Å². The fourth-order valence-corrected chi connectivity index (χ4v) is 4.09. The van der Waals surface area contributed by atoms with Crippen LogP contribution in [0.15, 0.2) is 23.8 Å². The van der Waals surface area contributed by atoms with E-state index >= 15 is 0 Å². The molecule has 1 aliphatic heterocycles. The topological polar surface area (TPSA) is 51.0 Å². The summed E-state index contributed by atoms with van der Waals surface area (Å²) in [6, 6.07) is 1.91. The zero-order valence-corrected chi connectivity index (χ0v) is 14.5. The van der Waals surface area contributed by atoms with Crippen LogP contribution in [0.2, 0.25) is 0 Å². The van der Waals surface area contributed by atoms with Crippen molar-refractivity contribution in [1.29, 1.82) is 0 Å². The Balaban J connectivity index is 1.50. The van der Waals surface area contributed by atoms with E-state index < -0.39 is 0 Å². The van der Waals surface area contributed by atoms with E-state index in [1.165, 1.54) is 10.7 Å². The number of piperidine rings is 1. The van der Waals surface area contributed by atoms with Crippen molar-refractivity contribution in [3.8, 4) is 0 Å². The Morgan fingerprint density at radius 3 is 3.13 bits per heavy atom. The van der Waals surface area contributed by atoms with Crippen molar-refractivity contribution in [2.75, 3.05) is 13.1 Å². The Kier molecular flexibility index (Phi) is 5.43. The molecule has 0 radical (unpaired) electrons. The highest BCUT2D eigenvalue weighted by molar-refractivity contribution is 7.09. The molecule has 3 rings (SSSR count). The predicted molar refractivity (Wildman–Crippen MR) is 91.5 cm³/mol. The molecule has 1 atom stereocenters. The second-order valence-electron chi connectivity index (χ2n) is 6.08. The third-order valence-corrected chi connectivity index (χ3v) is 5.45. The summed E-state index contributed by atoms with van der Waals surface area (Å²) in [6.07, 6.45) is 8.37. The molecule has 0 N–H and O–H groups in total. The largest absolute Gasteiger partial charge is 0.342 e. The van der Waals surface area contributed by atoms with Crippen molar-refractivity contribution in [2.45, 2.75) is 51.5 Å². The lowest BCUT2D eigenvalue weighted by atomic mass is 9.98. The maximum atomic E-state index is 12.4. The van der Waals surface area contributed by atoms with Crippen molar-refractivity contribution >= 4 is 17.2 Å². The molecule has 3 heterocycles. The molecule has 1 fully saturated rings. The minimum Gasteiger partial charge on any atom is -0.342 e. The third kappa shape index (κ3) is 4.19. The molecule has 23 heavy (non-hydrogen) atoms. The first kappa shape index (κ1) is 16.2. The number of carbonyl (C=O) groups is 1. The van der Waals surface area contributed by atoms with Gasteiger partial charge < -0.3 is 4.90 Å². The fraction of sp³-hybridized carbons (Fsp3) is 0.588. The van der Waals surface area contributed by atoms with Crippen LogP contribution >= 0.6 is 11.3 Å². The van der Waals surface area contributed by atoms with Gasteiger partial charge in [0.2, 0.25) is 5.91 Å². The predicted octanol–water partition coefficient (Wildman–Crippen LogP) is 3.09. The van der Waals surface area contributed by atoms with Crippen molar-refractivity contribution < 1.29 is 4.79 Å². The van der Waals surface area contributed by atoms with Gasteiger partial charge in [-0.1, -0.05) is 6.92 Å². The lowest BCUT2D eigenvalue weighted by Gasteiger charge is -2.32. The fourth-order valence-electron chi connectivity index (χ4n) is 3.06. The van der Waals surface area contributed by atoms with Gasteiger partial charge in [0.1, 0.15) is 0 Å². The van der Waals surface area contributed by atoms with Gasteiger partial charge in [-0.3, -0.25) is 9.48 Å². The van der Waals surface area contributed by atoms with E-state index in [-0.39, 0.29) is 5.91 Å². The summed E-state index contributed by atoms with van der Waals surface area (Å²) in [7, 11) is 0. The summed E-state index contributed by atoms with van der Waals surface area (Å²) >= 11 is 1.75. The highest BCUT2D eigenvalue weighted by Crippen LogP contribution is 2.29. The van der Waals surface area contributed by atoms with E-state index in [2.05, 4.69) is 17.4 Å². The van der Waals surface area contributed by atoms with Gasteiger partial charge in [0.05, 0.1) is 10.7 Å². The quantitative estimate of drug-likeness (QED) is 0.817. The Labute approximate surface area is 141 Å². The molecule has 124 valence electrons. The highest BCUT2D eigenvalue weighted by atomic mass is 32.1. The monoisotopic (exact) mass is 332 g/mol. The van der Waals surface area contributed by atoms with E-state index in [9.17, 15) is 4.79 Å². The van der Waals surface area contributed by atoms with Crippen LogP contribution < -0.4 is 0 Å². The molecular weight excluding hydrogens is 308 g/mol. The minimum absolute atomic E-state index is 0.272. The number of carbonyl (C=O) groups excluding carboxylic acids is 1. The van der Waals surface area contributed by atoms with Crippen LogP contribution in [0.3, 0.4) is 0 Å². The maximum absolute atomic E-state index is 12.4. The Morgan fingerprint density at radius 1 is 1.48 bits per heavy atom. The van der Waals surface area contributed by atoms with Gasteiger partial charge in [-0.15, -0.1) is 11.3 Å². The van der Waals surface area contributed by atoms with Gasteiger partial charge in [-0.05, 0) is 31.7 Å². The first-order chi connectivity index (χ1) is 11.3. The van der Waals surface area contributed by atoms with E-state index in [0.29, 0.717) is 12.3 Å². The average Bonchev–Trinajstić information content (AvgIpc) is 3.26. The summed E-state index contributed by atoms with van der Waals surface area (Å²) in [6.45, 7) is 4.66. The number of likely N-dealkylation sites (tertiary alicyclic amines) is 1. The Hall–Kier alpha value is -1.69. The lowest BCUT2D eigenvalue weighted by molar-refractivity contribution is -0.132. The maximum Gasteiger partial charge on any atom is 0.222 e. The number of aromatic nitrogens is 3. The number of thiazole rings is 1. The summed E-state index contributed by atoms with van der Waals surface area (Å²) in [4.78, 5) is 19.2. The van der Waals surface area contributed by atoms with Crippen LogP contribution in [-0.4, -0.2) is 38.7 Å². The summed E-state index contributed by atoms with van der Waals surface area (Å²) < 4.78 is 1.88. The first-order valence-electron chi connectivity index (χ1n) is 8.45. The molecule has 2 aromatic rings. The number of hydrogen-bond donors (Lipinski definition) is 0. The van der Waals surface area contributed by atoms with E-state index in [4.69, 9.17) is 4.98 Å². The molecule has 0 unspecified atom stereocenters. The molecule has 5 nitrogen and oxygen atoms in total. The number of rotatable bonds is 6. The summed E-state index contributed by atoms with van der Waals surface area (Å²) in [5.41, 5.74) is 1.17. The molecule has 0 saturated carbocycles. The van der Waals surface area contributed by atoms with Gasteiger partial charge in [-0.2, -0.15) is 5.10 Å². The summed E-state index contributed by atoms with van der Waals surface area (Å²) in [5, 5.41) is 7.53. The van der Waals surface area contributed by atoms with Crippen molar-refractivity contribution in [1.82, 2.24) is 19.7 Å². The molecule has 0 aliphatic carbocycles. The minimum atomic E-state index is 0.272. The molecule has 0 bridgehead atoms. The van der Waals surface area contributed by atoms with Crippen molar-refractivity contribution in [3.63, 3.8) is 0 Å². The van der Waals surface area contributed by atoms with Crippen LogP contribution in [0.1, 0.15) is 49.2 Å². The third-order valence-electron chi connectivity index (χ3n) is 4.39. The second-order valence-corrected chi connectivity index (χ2v) is 6.97. The van der Waals surface area contributed by atoms with Crippen LogP contribution in [0, 0.1) is 0 Å². The standard InChI is InChI=1S/C17H24N4OS/c1-2-15-13-23-17(19-15)14-6-3-9-20(12-14)16(22)7-4-10-21-11-5-8-18-21/h5,8,11,13-14H,2-4,6-7,9-10,12H2,1H3/t14-/m0/s1. The molecule has 2 aromatic heterocycles. The van der Waals surface area contributed by atoms with Gasteiger partial charge >= 0.3 is 0 Å². The van der Waals surface area contributed by atoms with Gasteiger partial charge in [0.25, 0.3) is 0 Å². The van der Waals surface area contributed by atoms with Gasteiger partial charge in [-0.25, -0.2) is 4.98 Å². The lowest BCUT2D eigenvalue weighted by Crippen LogP contribution is -2.39. The highest BCUT2D eigenvalue weighted by Gasteiger charge is 2.26. The Bertz CT molecular complexity index is 622. The number of amides is 1. The van der Waals surface area contributed by atoms with Crippen LogP contribution in [0.4, 0.5) is 0 Å². The second kappa shape index (κ2) is 7.73. The molecule has 1 saturated heterocycles. The van der Waals surface area contributed by atoms with Gasteiger partial charge in [0.15, 0.2) is 0 Å². The number of aryl methyl sites for hydroxylation is 2. The van der Waals surface area contributed by atoms with Crippen molar-refractivity contribution in [2.24, 2.45) is 0 Å². The zero-order chi connectivity index (χ0) is 16.1. The van der Waals surface area contributed by atoms with E-state index in [1.807, 2.05) is 21.8 Å². The molecule has 0 aromatic carbocycles. The average molecular weight is 332 g/mol. The van der Waals surface area contributed by atoms with Crippen LogP contribution in [0.25, 0.3) is 0 Å². The molecule has 0 spiro atoms. The zero-order valence-electron chi connectivity index (χ0n) is 13.6. The van der Waals surface area contributed by atoms with E-state index in [1.54, 1.807) is 17.5 Å². The molecule has 1 amide bonds. The Morgan fingerprint density at radius 2 is 2.39 bits per heavy atom. The molecule has 6 heteroatoms. The number of hydrogen-bond acceptors (Lipinski definition) is 4. The summed E-state index contributed by atoms with van der Waals surface area (Å²) in [5.74, 6) is 0.693. The normalized spacial score (nSPS) is 18.3. The smallest absolute Gasteiger partial charge is 0.222 e. The van der Waals surface area contributed by atoms with Crippen LogP contribution in [-0.2, 0) is 17.8 Å². The molecular formula is C17H24N4OS. The first-order valence-corrected chi connectivity index (χ1v) is 9.33. The SMILES string of the molecule is CCc1csc([C@H]2CCCN(C(=O)CCCn3cccn3)C2)n1.